The average molecular weight is 477 g/mol. The van der Waals surface area contributed by atoms with E-state index in [-0.39, 0.29) is 17.3 Å². The highest BCUT2D eigenvalue weighted by atomic mass is 19.1. The van der Waals surface area contributed by atoms with E-state index in [4.69, 9.17) is 11.1 Å². The van der Waals surface area contributed by atoms with E-state index < -0.39 is 0 Å². The van der Waals surface area contributed by atoms with E-state index in [9.17, 15) is 4.39 Å². The van der Waals surface area contributed by atoms with E-state index >= 15 is 0 Å². The summed E-state index contributed by atoms with van der Waals surface area (Å²) in [6.45, 7) is 6.59. The number of benzene rings is 3. The lowest BCUT2D eigenvalue weighted by atomic mass is 9.96. The largest absolute Gasteiger partial charge is 0.383 e. The molecule has 4 aromatic rings. The van der Waals surface area contributed by atoms with Crippen molar-refractivity contribution >= 4 is 34.8 Å². The Morgan fingerprint density at radius 3 is 2.56 bits per heavy atom. The minimum absolute atomic E-state index is 0.214. The maximum atomic E-state index is 14.8. The molecule has 0 saturated carbocycles. The zero-order valence-corrected chi connectivity index (χ0v) is 19.8. The van der Waals surface area contributed by atoms with Crippen molar-refractivity contribution in [1.29, 1.82) is 5.41 Å². The molecule has 0 fully saturated rings. The third kappa shape index (κ3) is 4.11. The highest BCUT2D eigenvalue weighted by Gasteiger charge is 2.27. The highest BCUT2D eigenvalue weighted by molar-refractivity contribution is 6.16. The van der Waals surface area contributed by atoms with E-state index in [0.29, 0.717) is 34.8 Å². The first-order valence-electron chi connectivity index (χ1n) is 11.5. The third-order valence-electron chi connectivity index (χ3n) is 6.20. The van der Waals surface area contributed by atoms with E-state index in [1.54, 1.807) is 6.07 Å². The van der Waals surface area contributed by atoms with Crippen LogP contribution in [0.1, 0.15) is 27.8 Å². The number of halogens is 1. The smallest absolute Gasteiger partial charge is 0.141 e. The highest BCUT2D eigenvalue weighted by Crippen LogP contribution is 2.39. The van der Waals surface area contributed by atoms with Crippen molar-refractivity contribution in [3.63, 3.8) is 0 Å². The zero-order valence-electron chi connectivity index (χ0n) is 19.8. The lowest BCUT2D eigenvalue weighted by Gasteiger charge is -2.35. The van der Waals surface area contributed by atoms with Gasteiger partial charge in [0.2, 0.25) is 0 Å². The van der Waals surface area contributed by atoms with Gasteiger partial charge in [-0.1, -0.05) is 67.2 Å². The lowest BCUT2D eigenvalue weighted by Crippen LogP contribution is -2.29. The Morgan fingerprint density at radius 1 is 1.03 bits per heavy atom. The molecule has 6 nitrogen and oxygen atoms in total. The van der Waals surface area contributed by atoms with Crippen molar-refractivity contribution in [3.05, 3.63) is 125 Å². The van der Waals surface area contributed by atoms with Crippen molar-refractivity contribution in [2.24, 2.45) is 0 Å². The van der Waals surface area contributed by atoms with Crippen molar-refractivity contribution < 1.29 is 4.39 Å². The van der Waals surface area contributed by atoms with Crippen LogP contribution < -0.4 is 16.0 Å². The predicted octanol–water partition coefficient (Wildman–Crippen LogP) is 5.87. The van der Waals surface area contributed by atoms with Crippen LogP contribution in [0.15, 0.2) is 91.4 Å². The average Bonchev–Trinajstić information content (AvgIpc) is 2.88. The SMILES string of the molecule is C=C1c2c(F)cccc2C=C(CNc2ncnc(N)c2C(=N)c2ccccc2)N1c1ccccc1C. The molecule has 5 rings (SSSR count). The van der Waals surface area contributed by atoms with E-state index in [1.165, 1.54) is 12.4 Å². The van der Waals surface area contributed by atoms with Crippen LogP contribution in [0.3, 0.4) is 0 Å². The topological polar surface area (TPSA) is 90.9 Å². The number of hydrogen-bond acceptors (Lipinski definition) is 6. The molecule has 0 radical (unpaired) electrons. The van der Waals surface area contributed by atoms with Crippen LogP contribution >= 0.6 is 0 Å². The maximum Gasteiger partial charge on any atom is 0.141 e. The Hall–Kier alpha value is -4.78. The molecule has 0 unspecified atom stereocenters. The Kier molecular flexibility index (Phi) is 6.04. The van der Waals surface area contributed by atoms with E-state index in [1.807, 2.05) is 78.6 Å². The van der Waals surface area contributed by atoms with Crippen molar-refractivity contribution in [1.82, 2.24) is 9.97 Å². The number of nitrogens with zero attached hydrogens (tertiary/aromatic N) is 3. The van der Waals surface area contributed by atoms with Gasteiger partial charge in [0.15, 0.2) is 0 Å². The zero-order chi connectivity index (χ0) is 25.2. The molecule has 1 aromatic heterocycles. The normalized spacial score (nSPS) is 12.7. The second-order valence-electron chi connectivity index (χ2n) is 8.49. The fraction of sp³-hybridized carbons (Fsp3) is 0.0690. The summed E-state index contributed by atoms with van der Waals surface area (Å²) < 4.78 is 14.8. The summed E-state index contributed by atoms with van der Waals surface area (Å²) in [5, 5.41) is 12.1. The summed E-state index contributed by atoms with van der Waals surface area (Å²) in [6.07, 6.45) is 3.32. The van der Waals surface area contributed by atoms with Gasteiger partial charge in [0.05, 0.1) is 17.8 Å². The van der Waals surface area contributed by atoms with Crippen molar-refractivity contribution in [2.45, 2.75) is 6.92 Å². The van der Waals surface area contributed by atoms with E-state index in [0.717, 1.165) is 22.5 Å². The molecule has 7 heteroatoms. The predicted molar refractivity (Wildman–Crippen MR) is 144 cm³/mol. The number of para-hydroxylation sites is 1. The number of fused-ring (bicyclic) bond motifs is 1. The van der Waals surface area contributed by atoms with Crippen molar-refractivity contribution in [2.75, 3.05) is 22.5 Å². The standard InChI is InChI=1S/C29H25FN6/c1-18-9-6-7-14-24(18)36-19(2)25-21(12-8-13-23(25)30)15-22(36)16-33-29-26(28(32)34-17-35-29)27(31)20-10-4-3-5-11-20/h3-15,17,31H,2,16H2,1H3,(H3,32,33,34,35). The number of aromatic nitrogens is 2. The van der Waals surface area contributed by atoms with Gasteiger partial charge >= 0.3 is 0 Å². The minimum Gasteiger partial charge on any atom is -0.383 e. The van der Waals surface area contributed by atoms with Crippen LogP contribution in [0, 0.1) is 18.2 Å². The fourth-order valence-corrected chi connectivity index (χ4v) is 4.44. The molecular weight excluding hydrogens is 451 g/mol. The number of nitrogens with one attached hydrogen (secondary N) is 2. The van der Waals surface area contributed by atoms with Gasteiger partial charge in [-0.05, 0) is 36.3 Å². The summed E-state index contributed by atoms with van der Waals surface area (Å²) in [6, 6.07) is 22.2. The molecule has 0 aliphatic carbocycles. The molecule has 2 heterocycles. The number of hydrogen-bond donors (Lipinski definition) is 3. The van der Waals surface area contributed by atoms with Gasteiger partial charge in [-0.25, -0.2) is 14.4 Å². The molecule has 1 aliphatic heterocycles. The van der Waals surface area contributed by atoms with Crippen LogP contribution in [-0.4, -0.2) is 22.2 Å². The summed E-state index contributed by atoms with van der Waals surface area (Å²) >= 11 is 0. The summed E-state index contributed by atoms with van der Waals surface area (Å²) in [4.78, 5) is 10.5. The Labute approximate surface area is 209 Å². The molecule has 0 saturated heterocycles. The first-order chi connectivity index (χ1) is 17.5. The Balaban J connectivity index is 1.55. The summed E-state index contributed by atoms with van der Waals surface area (Å²) in [5.74, 6) is 0.339. The van der Waals surface area contributed by atoms with Crippen LogP contribution in [0.2, 0.25) is 0 Å². The van der Waals surface area contributed by atoms with Gasteiger partial charge in [-0.3, -0.25) is 5.41 Å². The quantitative estimate of drug-likeness (QED) is 0.303. The number of nitrogen functional groups attached to an aromatic ring is 1. The second-order valence-corrected chi connectivity index (χ2v) is 8.49. The molecular formula is C29H25FN6. The van der Waals surface area contributed by atoms with Gasteiger partial charge in [0, 0.05) is 28.2 Å². The molecule has 0 amide bonds. The van der Waals surface area contributed by atoms with Gasteiger partial charge < -0.3 is 16.0 Å². The van der Waals surface area contributed by atoms with Gasteiger partial charge in [0.1, 0.15) is 23.8 Å². The van der Waals surface area contributed by atoms with Crippen LogP contribution in [0.25, 0.3) is 11.8 Å². The molecule has 0 spiro atoms. The van der Waals surface area contributed by atoms with Crippen LogP contribution in [0.4, 0.5) is 21.7 Å². The van der Waals surface area contributed by atoms with Crippen LogP contribution in [-0.2, 0) is 0 Å². The fourth-order valence-electron chi connectivity index (χ4n) is 4.44. The molecule has 3 aromatic carbocycles. The monoisotopic (exact) mass is 476 g/mol. The van der Waals surface area contributed by atoms with Gasteiger partial charge in [0.25, 0.3) is 0 Å². The maximum absolute atomic E-state index is 14.8. The van der Waals surface area contributed by atoms with Crippen LogP contribution in [0.5, 0.6) is 0 Å². The molecule has 1 aliphatic rings. The first kappa shape index (κ1) is 23.0. The third-order valence-corrected chi connectivity index (χ3v) is 6.20. The van der Waals surface area contributed by atoms with Gasteiger partial charge in [-0.2, -0.15) is 0 Å². The second kappa shape index (κ2) is 9.46. The lowest BCUT2D eigenvalue weighted by molar-refractivity contribution is 0.622. The molecule has 4 N–H and O–H groups in total. The first-order valence-corrected chi connectivity index (χ1v) is 11.5. The Bertz CT molecular complexity index is 1510. The molecule has 36 heavy (non-hydrogen) atoms. The minimum atomic E-state index is -0.318. The molecule has 0 atom stereocenters. The number of nitrogens with two attached hydrogens (primary N) is 1. The number of aryl methyl sites for hydroxylation is 1. The van der Waals surface area contributed by atoms with E-state index in [2.05, 4.69) is 21.9 Å². The Morgan fingerprint density at radius 2 is 1.78 bits per heavy atom. The number of rotatable bonds is 6. The molecule has 0 bridgehead atoms. The van der Waals surface area contributed by atoms with Gasteiger partial charge in [-0.15, -0.1) is 0 Å². The summed E-state index contributed by atoms with van der Waals surface area (Å²) in [5.41, 5.74) is 12.1. The van der Waals surface area contributed by atoms with Crippen molar-refractivity contribution in [3.8, 4) is 0 Å². The molecule has 178 valence electrons. The summed E-state index contributed by atoms with van der Waals surface area (Å²) in [7, 11) is 0. The number of anilines is 3.